The topological polar surface area (TPSA) is 72.6 Å². The van der Waals surface area contributed by atoms with Crippen LogP contribution in [-0.2, 0) is 0 Å². The summed E-state index contributed by atoms with van der Waals surface area (Å²) >= 11 is 0. The van der Waals surface area contributed by atoms with Gasteiger partial charge in [0.15, 0.2) is 0 Å². The predicted molar refractivity (Wildman–Crippen MR) is 74.2 cm³/mol. The minimum atomic E-state index is -1.41. The molecule has 98 valence electrons. The molecule has 0 heterocycles. The first-order valence-corrected chi connectivity index (χ1v) is 6.09. The van der Waals surface area contributed by atoms with Crippen LogP contribution in [0.25, 0.3) is 0 Å². The maximum absolute atomic E-state index is 12.1. The molecule has 3 rings (SSSR count). The summed E-state index contributed by atoms with van der Waals surface area (Å²) in [4.78, 5) is 27.0. The average molecular weight is 266 g/mol. The average Bonchev–Trinajstić information content (AvgIpc) is 2.74. The summed E-state index contributed by atoms with van der Waals surface area (Å²) in [5.74, 6) is -0.500. The van der Waals surface area contributed by atoms with Crippen molar-refractivity contribution < 1.29 is 9.72 Å². The molecule has 1 unspecified atom stereocenters. The molecule has 1 atom stereocenters. The fourth-order valence-electron chi connectivity index (χ4n) is 2.30. The molecule has 2 aromatic rings. The summed E-state index contributed by atoms with van der Waals surface area (Å²) in [5, 5.41) is 11.2. The summed E-state index contributed by atoms with van der Waals surface area (Å²) in [5.41, 5.74) is 1.72. The van der Waals surface area contributed by atoms with E-state index in [9.17, 15) is 14.9 Å². The van der Waals surface area contributed by atoms with Crippen LogP contribution in [0.1, 0.15) is 15.9 Å². The number of hydrogen-bond acceptors (Lipinski definition) is 4. The Bertz CT molecular complexity index is 723. The summed E-state index contributed by atoms with van der Waals surface area (Å²) in [6, 6.07) is 14.2. The van der Waals surface area contributed by atoms with Gasteiger partial charge in [-0.2, -0.15) is 0 Å². The smallest absolute Gasteiger partial charge is 0.286 e. The summed E-state index contributed by atoms with van der Waals surface area (Å²) < 4.78 is 0. The second-order valence-electron chi connectivity index (χ2n) is 4.43. The lowest BCUT2D eigenvalue weighted by Gasteiger charge is -2.02. The third-order valence-corrected chi connectivity index (χ3v) is 3.19. The maximum atomic E-state index is 12.1. The monoisotopic (exact) mass is 266 g/mol. The van der Waals surface area contributed by atoms with Gasteiger partial charge in [0.25, 0.3) is 0 Å². The number of rotatable bonds is 2. The standard InChI is InChI=1S/C15H10N2O3/c18-15-12-9-5-4-8-11(12)13(14(15)17(19)20)16-10-6-2-1-3-7-10/h1-9,14H. The van der Waals surface area contributed by atoms with Crippen molar-refractivity contribution in [2.24, 2.45) is 4.99 Å². The fraction of sp³-hybridized carbons (Fsp3) is 0.0667. The minimum absolute atomic E-state index is 0.210. The molecular formula is C15H10N2O3. The Morgan fingerprint density at radius 3 is 2.20 bits per heavy atom. The lowest BCUT2D eigenvalue weighted by Crippen LogP contribution is -2.31. The van der Waals surface area contributed by atoms with Gasteiger partial charge in [-0.1, -0.05) is 42.5 Å². The molecule has 2 aromatic carbocycles. The number of ketones is 1. The highest BCUT2D eigenvalue weighted by Crippen LogP contribution is 2.27. The zero-order chi connectivity index (χ0) is 14.1. The van der Waals surface area contributed by atoms with Gasteiger partial charge >= 0.3 is 6.04 Å². The van der Waals surface area contributed by atoms with Crippen molar-refractivity contribution in [3.63, 3.8) is 0 Å². The second kappa shape index (κ2) is 4.70. The number of benzene rings is 2. The van der Waals surface area contributed by atoms with Gasteiger partial charge in [0.05, 0.1) is 5.69 Å². The molecule has 1 aliphatic carbocycles. The lowest BCUT2D eigenvalue weighted by molar-refractivity contribution is -0.485. The van der Waals surface area contributed by atoms with E-state index in [1.165, 1.54) is 0 Å². The molecule has 5 heteroatoms. The van der Waals surface area contributed by atoms with Crippen molar-refractivity contribution in [1.82, 2.24) is 0 Å². The van der Waals surface area contributed by atoms with Crippen LogP contribution in [0.15, 0.2) is 59.6 Å². The number of Topliss-reactive ketones (excluding diaryl/α,β-unsaturated/α-hetero) is 1. The Kier molecular flexibility index (Phi) is 2.87. The van der Waals surface area contributed by atoms with Gasteiger partial charge in [-0.25, -0.2) is 4.99 Å². The summed E-state index contributed by atoms with van der Waals surface area (Å²) in [6.45, 7) is 0. The summed E-state index contributed by atoms with van der Waals surface area (Å²) in [6.07, 6.45) is 0. The van der Waals surface area contributed by atoms with Crippen molar-refractivity contribution in [2.45, 2.75) is 6.04 Å². The molecule has 5 nitrogen and oxygen atoms in total. The number of nitrogens with zero attached hydrogens (tertiary/aromatic N) is 2. The molecule has 20 heavy (non-hydrogen) atoms. The third kappa shape index (κ3) is 1.89. The van der Waals surface area contributed by atoms with Crippen molar-refractivity contribution >= 4 is 17.2 Å². The number of fused-ring (bicyclic) bond motifs is 1. The SMILES string of the molecule is O=C1c2ccccc2C(=Nc2ccccc2)C1[N+](=O)[O-]. The highest BCUT2D eigenvalue weighted by atomic mass is 16.6. The van der Waals surface area contributed by atoms with Gasteiger partial charge in [0.2, 0.25) is 5.78 Å². The molecule has 0 fully saturated rings. The van der Waals surface area contributed by atoms with Crippen LogP contribution >= 0.6 is 0 Å². The third-order valence-electron chi connectivity index (χ3n) is 3.19. The van der Waals surface area contributed by atoms with Gasteiger partial charge in [0.1, 0.15) is 5.71 Å². The van der Waals surface area contributed by atoms with Crippen LogP contribution in [-0.4, -0.2) is 22.5 Å². The van der Waals surface area contributed by atoms with E-state index in [0.717, 1.165) is 0 Å². The molecule has 0 N–H and O–H groups in total. The van der Waals surface area contributed by atoms with Gasteiger partial charge < -0.3 is 0 Å². The Hall–Kier alpha value is -2.82. The van der Waals surface area contributed by atoms with Crippen LogP contribution < -0.4 is 0 Å². The zero-order valence-corrected chi connectivity index (χ0v) is 10.4. The van der Waals surface area contributed by atoms with Gasteiger partial charge in [-0.3, -0.25) is 14.9 Å². The molecule has 0 amide bonds. The molecule has 0 aromatic heterocycles. The van der Waals surface area contributed by atoms with E-state index in [4.69, 9.17) is 0 Å². The number of hydrogen-bond donors (Lipinski definition) is 0. The first-order valence-electron chi connectivity index (χ1n) is 6.09. The van der Waals surface area contributed by atoms with Crippen molar-refractivity contribution in [3.05, 3.63) is 75.8 Å². The lowest BCUT2D eigenvalue weighted by atomic mass is 10.1. The Labute approximate surface area is 114 Å². The molecule has 0 bridgehead atoms. The molecule has 0 saturated carbocycles. The molecule has 1 aliphatic rings. The number of aliphatic imine (C=N–C) groups is 1. The van der Waals surface area contributed by atoms with E-state index >= 15 is 0 Å². The largest absolute Gasteiger partial charge is 0.316 e. The zero-order valence-electron chi connectivity index (χ0n) is 10.4. The highest BCUT2D eigenvalue weighted by Gasteiger charge is 2.45. The number of carbonyl (C=O) groups excluding carboxylic acids is 1. The van der Waals surface area contributed by atoms with Crippen LogP contribution in [0.5, 0.6) is 0 Å². The van der Waals surface area contributed by atoms with E-state index < -0.39 is 16.7 Å². The first-order chi connectivity index (χ1) is 9.68. The van der Waals surface area contributed by atoms with Crippen LogP contribution in [0.3, 0.4) is 0 Å². The molecule has 0 radical (unpaired) electrons. The van der Waals surface area contributed by atoms with Crippen molar-refractivity contribution in [2.75, 3.05) is 0 Å². The number of para-hydroxylation sites is 1. The van der Waals surface area contributed by atoms with E-state index in [1.54, 1.807) is 48.5 Å². The van der Waals surface area contributed by atoms with Crippen molar-refractivity contribution in [3.8, 4) is 0 Å². The minimum Gasteiger partial charge on any atom is -0.286 e. The van der Waals surface area contributed by atoms with E-state index in [-0.39, 0.29) is 5.71 Å². The summed E-state index contributed by atoms with van der Waals surface area (Å²) in [7, 11) is 0. The molecular weight excluding hydrogens is 256 g/mol. The van der Waals surface area contributed by atoms with Crippen LogP contribution in [0, 0.1) is 10.1 Å². The molecule has 0 spiro atoms. The Morgan fingerprint density at radius 1 is 0.950 bits per heavy atom. The Morgan fingerprint density at radius 2 is 1.55 bits per heavy atom. The van der Waals surface area contributed by atoms with Gasteiger partial charge in [-0.15, -0.1) is 0 Å². The van der Waals surface area contributed by atoms with E-state index in [2.05, 4.69) is 4.99 Å². The normalized spacial score (nSPS) is 19.1. The van der Waals surface area contributed by atoms with Gasteiger partial charge in [0, 0.05) is 16.1 Å². The Balaban J connectivity index is 2.18. The van der Waals surface area contributed by atoms with Gasteiger partial charge in [-0.05, 0) is 12.1 Å². The second-order valence-corrected chi connectivity index (χ2v) is 4.43. The first kappa shape index (κ1) is 12.2. The number of nitro groups is 1. The molecule has 0 saturated heterocycles. The van der Waals surface area contributed by atoms with Crippen LogP contribution in [0.2, 0.25) is 0 Å². The highest BCUT2D eigenvalue weighted by molar-refractivity contribution is 6.30. The van der Waals surface area contributed by atoms with Crippen molar-refractivity contribution in [1.29, 1.82) is 0 Å². The van der Waals surface area contributed by atoms with E-state index in [1.807, 2.05) is 6.07 Å². The van der Waals surface area contributed by atoms with Crippen LogP contribution in [0.4, 0.5) is 5.69 Å². The predicted octanol–water partition coefficient (Wildman–Crippen LogP) is 2.65. The fourth-order valence-corrected chi connectivity index (χ4v) is 2.30. The number of carbonyl (C=O) groups is 1. The quantitative estimate of drug-likeness (QED) is 0.619. The maximum Gasteiger partial charge on any atom is 0.316 e. The van der Waals surface area contributed by atoms with E-state index in [0.29, 0.717) is 16.8 Å². The molecule has 0 aliphatic heterocycles.